The van der Waals surface area contributed by atoms with Crippen molar-refractivity contribution in [2.45, 2.75) is 65.5 Å². The molecule has 0 aliphatic carbocycles. The molecule has 0 saturated carbocycles. The topological polar surface area (TPSA) is 84.7 Å². The number of benzene rings is 2. The van der Waals surface area contributed by atoms with Crippen molar-refractivity contribution in [3.8, 4) is 11.8 Å². The lowest BCUT2D eigenvalue weighted by Crippen LogP contribution is -2.44. The summed E-state index contributed by atoms with van der Waals surface area (Å²) in [5.41, 5.74) is 2.11. The average molecular weight is 515 g/mol. The second-order valence-corrected chi connectivity index (χ2v) is 11.0. The van der Waals surface area contributed by atoms with Gasteiger partial charge in [-0.1, -0.05) is 24.0 Å². The molecule has 0 unspecified atom stereocenters. The van der Waals surface area contributed by atoms with Gasteiger partial charge in [-0.15, -0.1) is 10.2 Å². The van der Waals surface area contributed by atoms with E-state index in [1.54, 1.807) is 10.5 Å². The van der Waals surface area contributed by atoms with E-state index in [2.05, 4.69) is 27.4 Å². The number of rotatable bonds is 2. The van der Waals surface area contributed by atoms with Gasteiger partial charge in [0.1, 0.15) is 23.1 Å². The van der Waals surface area contributed by atoms with Crippen LogP contribution >= 0.6 is 0 Å². The van der Waals surface area contributed by atoms with E-state index in [9.17, 15) is 4.79 Å². The van der Waals surface area contributed by atoms with E-state index in [0.717, 1.165) is 29.7 Å². The molecule has 5 rings (SSSR count). The van der Waals surface area contributed by atoms with E-state index in [4.69, 9.17) is 9.72 Å². The van der Waals surface area contributed by atoms with Crippen molar-refractivity contribution in [1.82, 2.24) is 24.9 Å². The predicted molar refractivity (Wildman–Crippen MR) is 145 cm³/mol. The number of amides is 1. The Hall–Kier alpha value is -4.19. The summed E-state index contributed by atoms with van der Waals surface area (Å²) in [6, 6.07) is 10.9. The van der Waals surface area contributed by atoms with Gasteiger partial charge in [0, 0.05) is 17.8 Å². The number of nitrogens with one attached hydrogen (secondary N) is 1. The minimum atomic E-state index is -0.809. The summed E-state index contributed by atoms with van der Waals surface area (Å²) in [5.74, 6) is 7.68. The molecular formula is C29H31FN6O2. The molecule has 4 aromatic rings. The quantitative estimate of drug-likeness (QED) is 0.358. The van der Waals surface area contributed by atoms with Gasteiger partial charge in [-0.3, -0.25) is 4.40 Å². The van der Waals surface area contributed by atoms with Gasteiger partial charge in [0.15, 0.2) is 0 Å². The van der Waals surface area contributed by atoms with E-state index in [0.29, 0.717) is 34.9 Å². The maximum absolute atomic E-state index is 15.3. The number of aromatic nitrogens is 4. The zero-order chi connectivity index (χ0) is 27.2. The van der Waals surface area contributed by atoms with E-state index in [1.165, 1.54) is 6.07 Å². The highest BCUT2D eigenvalue weighted by molar-refractivity contribution is 5.94. The fraction of sp³-hybridized carbons (Fsp3) is 0.379. The summed E-state index contributed by atoms with van der Waals surface area (Å²) in [6.07, 6.45) is 1.15. The van der Waals surface area contributed by atoms with Crippen LogP contribution in [-0.4, -0.2) is 43.4 Å². The number of carbonyl (C=O) groups excluding carboxylic acids is 1. The zero-order valence-electron chi connectivity index (χ0n) is 22.5. The fourth-order valence-corrected chi connectivity index (χ4v) is 4.75. The summed E-state index contributed by atoms with van der Waals surface area (Å²) in [5, 5.41) is 11.6. The molecule has 0 radical (unpaired) electrons. The molecule has 0 saturated heterocycles. The van der Waals surface area contributed by atoms with Crippen LogP contribution < -0.4 is 10.2 Å². The van der Waals surface area contributed by atoms with Gasteiger partial charge in [0.05, 0.1) is 16.4 Å². The van der Waals surface area contributed by atoms with Crippen LogP contribution in [0.25, 0.3) is 16.7 Å². The number of fused-ring (bicyclic) bond motifs is 4. The lowest BCUT2D eigenvalue weighted by Gasteiger charge is -2.32. The largest absolute Gasteiger partial charge is 0.444 e. The van der Waals surface area contributed by atoms with Gasteiger partial charge in [-0.25, -0.2) is 9.18 Å². The Morgan fingerprint density at radius 2 is 1.87 bits per heavy atom. The van der Waals surface area contributed by atoms with Crippen molar-refractivity contribution in [3.05, 3.63) is 59.2 Å². The number of alkyl carbamates (subject to hydrolysis) is 1. The van der Waals surface area contributed by atoms with E-state index in [1.807, 2.05) is 70.7 Å². The maximum Gasteiger partial charge on any atom is 0.408 e. The van der Waals surface area contributed by atoms with Crippen LogP contribution in [0.15, 0.2) is 36.4 Å². The molecule has 2 aromatic carbocycles. The van der Waals surface area contributed by atoms with Crippen molar-refractivity contribution in [2.75, 3.05) is 11.4 Å². The number of nitrogens with zero attached hydrogens (tertiary/aromatic N) is 5. The number of carbonyl (C=O) groups is 1. The molecule has 1 aliphatic heterocycles. The number of hydrogen-bond acceptors (Lipinski definition) is 6. The molecule has 0 fully saturated rings. The average Bonchev–Trinajstić information content (AvgIpc) is 3.21. The minimum Gasteiger partial charge on any atom is -0.444 e. The Balaban J connectivity index is 1.55. The second kappa shape index (κ2) is 9.28. The fourth-order valence-electron chi connectivity index (χ4n) is 4.75. The molecule has 38 heavy (non-hydrogen) atoms. The molecule has 2 aromatic heterocycles. The molecule has 1 amide bonds. The van der Waals surface area contributed by atoms with Crippen LogP contribution in [0.1, 0.15) is 58.0 Å². The SMILES string of the molecule is Cc1nnc2nc(N3CCCc4c(C#CC(C)(C)NC(=O)OC(C)(C)C)cccc43)c3c(F)cccc3n12. The first-order chi connectivity index (χ1) is 17.9. The van der Waals surface area contributed by atoms with Crippen LogP contribution in [-0.2, 0) is 11.2 Å². The summed E-state index contributed by atoms with van der Waals surface area (Å²) in [6.45, 7) is 11.6. The Morgan fingerprint density at radius 1 is 1.11 bits per heavy atom. The van der Waals surface area contributed by atoms with E-state index in [-0.39, 0.29) is 5.82 Å². The van der Waals surface area contributed by atoms with Crippen molar-refractivity contribution in [3.63, 3.8) is 0 Å². The van der Waals surface area contributed by atoms with Crippen LogP contribution in [0.5, 0.6) is 0 Å². The predicted octanol–water partition coefficient (Wildman–Crippen LogP) is 5.46. The van der Waals surface area contributed by atoms with Gasteiger partial charge >= 0.3 is 6.09 Å². The number of aryl methyl sites for hydroxylation is 1. The molecule has 9 heteroatoms. The Labute approximate surface area is 221 Å². The highest BCUT2D eigenvalue weighted by Crippen LogP contribution is 2.38. The Bertz CT molecular complexity index is 1620. The number of ether oxygens (including phenoxy) is 1. The van der Waals surface area contributed by atoms with Crippen molar-refractivity contribution in [1.29, 1.82) is 0 Å². The monoisotopic (exact) mass is 514 g/mol. The summed E-state index contributed by atoms with van der Waals surface area (Å²) >= 11 is 0. The third-order valence-electron chi connectivity index (χ3n) is 6.30. The van der Waals surface area contributed by atoms with Crippen LogP contribution in [0, 0.1) is 24.6 Å². The summed E-state index contributed by atoms with van der Waals surface area (Å²) in [4.78, 5) is 19.1. The van der Waals surface area contributed by atoms with Crippen LogP contribution in [0.3, 0.4) is 0 Å². The zero-order valence-corrected chi connectivity index (χ0v) is 22.5. The second-order valence-electron chi connectivity index (χ2n) is 11.0. The third-order valence-corrected chi connectivity index (χ3v) is 6.30. The lowest BCUT2D eigenvalue weighted by atomic mass is 9.95. The number of hydrogen-bond donors (Lipinski definition) is 1. The van der Waals surface area contributed by atoms with E-state index < -0.39 is 17.2 Å². The van der Waals surface area contributed by atoms with Crippen molar-refractivity contribution < 1.29 is 13.9 Å². The minimum absolute atomic E-state index is 0.349. The van der Waals surface area contributed by atoms with Gasteiger partial charge < -0.3 is 15.0 Å². The van der Waals surface area contributed by atoms with Crippen LogP contribution in [0.2, 0.25) is 0 Å². The third kappa shape index (κ3) is 4.86. The van der Waals surface area contributed by atoms with Gasteiger partial charge in [0.25, 0.3) is 5.78 Å². The van der Waals surface area contributed by atoms with E-state index >= 15 is 4.39 Å². The lowest BCUT2D eigenvalue weighted by molar-refractivity contribution is 0.0494. The van der Waals surface area contributed by atoms with Gasteiger partial charge in [0.2, 0.25) is 0 Å². The normalized spacial score (nSPS) is 13.7. The molecule has 3 heterocycles. The molecule has 0 spiro atoms. The summed E-state index contributed by atoms with van der Waals surface area (Å²) in [7, 11) is 0. The number of anilines is 2. The highest BCUT2D eigenvalue weighted by atomic mass is 19.1. The Kier molecular flexibility index (Phi) is 6.22. The molecule has 196 valence electrons. The first kappa shape index (κ1) is 25.5. The summed E-state index contributed by atoms with van der Waals surface area (Å²) < 4.78 is 22.4. The smallest absolute Gasteiger partial charge is 0.408 e. The molecule has 1 aliphatic rings. The van der Waals surface area contributed by atoms with Gasteiger partial charge in [-0.2, -0.15) is 4.98 Å². The molecule has 0 atom stereocenters. The van der Waals surface area contributed by atoms with Gasteiger partial charge in [-0.05, 0) is 84.2 Å². The van der Waals surface area contributed by atoms with Crippen LogP contribution in [0.4, 0.5) is 20.7 Å². The molecule has 8 nitrogen and oxygen atoms in total. The van der Waals surface area contributed by atoms with Crippen molar-refractivity contribution >= 4 is 34.3 Å². The first-order valence-corrected chi connectivity index (χ1v) is 12.7. The molecule has 0 bridgehead atoms. The van der Waals surface area contributed by atoms with Crippen molar-refractivity contribution in [2.24, 2.45) is 0 Å². The first-order valence-electron chi connectivity index (χ1n) is 12.7. The Morgan fingerprint density at radius 3 is 2.63 bits per heavy atom. The standard InChI is InChI=1S/C29H31FN6O2/c1-18-33-34-26-31-25(24-21(30)12-8-14-23(24)36(18)26)35-17-9-11-20-19(10-7-13-22(20)35)15-16-29(5,6)32-27(37)38-28(2,3)4/h7-8,10,12-14H,9,11,17H2,1-6H3,(H,32,37). The molecular weight excluding hydrogens is 483 g/mol. The number of halogens is 1. The maximum atomic E-state index is 15.3. The highest BCUT2D eigenvalue weighted by Gasteiger charge is 2.27. The molecule has 1 N–H and O–H groups in total.